The molecule has 0 spiro atoms. The van der Waals surface area contributed by atoms with Gasteiger partial charge in [-0.25, -0.2) is 4.98 Å². The van der Waals surface area contributed by atoms with Gasteiger partial charge >= 0.3 is 0 Å². The van der Waals surface area contributed by atoms with Crippen molar-refractivity contribution in [3.63, 3.8) is 0 Å². The molecule has 2 aromatic carbocycles. The number of aromatic nitrogens is 1. The molecule has 4 heteroatoms. The summed E-state index contributed by atoms with van der Waals surface area (Å²) in [6, 6.07) is 17.8. The predicted molar refractivity (Wildman–Crippen MR) is 90.7 cm³/mol. The van der Waals surface area contributed by atoms with Crippen LogP contribution in [0.25, 0.3) is 21.9 Å². The molecule has 0 fully saturated rings. The van der Waals surface area contributed by atoms with Gasteiger partial charge in [-0.15, -0.1) is 11.3 Å². The van der Waals surface area contributed by atoms with Crippen LogP contribution in [-0.2, 0) is 0 Å². The summed E-state index contributed by atoms with van der Waals surface area (Å²) in [6.07, 6.45) is 1.85. The molecule has 0 unspecified atom stereocenters. The number of nitrogens with zero attached hydrogens (tertiary/aromatic N) is 2. The maximum absolute atomic E-state index is 9.43. The Labute approximate surface area is 133 Å². The van der Waals surface area contributed by atoms with Crippen LogP contribution >= 0.6 is 11.3 Å². The van der Waals surface area contributed by atoms with Crippen molar-refractivity contribution in [3.8, 4) is 11.8 Å². The van der Waals surface area contributed by atoms with Gasteiger partial charge in [0, 0.05) is 0 Å². The minimum Gasteiger partial charge on any atom is -0.494 e. The van der Waals surface area contributed by atoms with Crippen LogP contribution in [0.4, 0.5) is 0 Å². The summed E-state index contributed by atoms with van der Waals surface area (Å²) in [4.78, 5) is 4.53. The number of allylic oxidation sites excluding steroid dienone is 1. The lowest BCUT2D eigenvalue weighted by Crippen LogP contribution is -1.90. The molecule has 3 aromatic rings. The van der Waals surface area contributed by atoms with Gasteiger partial charge in [0.2, 0.25) is 0 Å². The second kappa shape index (κ2) is 6.42. The fraction of sp³-hybridized carbons (Fsp3) is 0.111. The van der Waals surface area contributed by atoms with Gasteiger partial charge in [-0.2, -0.15) is 5.26 Å². The van der Waals surface area contributed by atoms with E-state index >= 15 is 0 Å². The van der Waals surface area contributed by atoms with E-state index in [-0.39, 0.29) is 0 Å². The fourth-order valence-corrected chi connectivity index (χ4v) is 3.05. The number of benzene rings is 2. The van der Waals surface area contributed by atoms with Crippen LogP contribution in [0.1, 0.15) is 17.5 Å². The average Bonchev–Trinajstić information content (AvgIpc) is 2.98. The Morgan fingerprint density at radius 3 is 2.68 bits per heavy atom. The van der Waals surface area contributed by atoms with Gasteiger partial charge in [-0.05, 0) is 42.8 Å². The third-order valence-corrected chi connectivity index (χ3v) is 4.22. The van der Waals surface area contributed by atoms with Crippen molar-refractivity contribution in [3.05, 3.63) is 59.1 Å². The van der Waals surface area contributed by atoms with E-state index in [9.17, 15) is 5.26 Å². The second-order valence-corrected chi connectivity index (χ2v) is 5.69. The molecular weight excluding hydrogens is 292 g/mol. The van der Waals surface area contributed by atoms with Crippen molar-refractivity contribution in [2.75, 3.05) is 6.61 Å². The molecular formula is C18H14N2OS. The number of hydrogen-bond donors (Lipinski definition) is 0. The zero-order valence-electron chi connectivity index (χ0n) is 12.1. The van der Waals surface area contributed by atoms with Crippen LogP contribution < -0.4 is 4.74 Å². The summed E-state index contributed by atoms with van der Waals surface area (Å²) in [7, 11) is 0. The number of para-hydroxylation sites is 1. The van der Waals surface area contributed by atoms with Crippen molar-refractivity contribution in [1.82, 2.24) is 4.98 Å². The molecule has 0 aliphatic carbocycles. The molecule has 0 saturated heterocycles. The highest BCUT2D eigenvalue weighted by Crippen LogP contribution is 2.28. The highest BCUT2D eigenvalue weighted by molar-refractivity contribution is 7.19. The summed E-state index contributed by atoms with van der Waals surface area (Å²) in [5, 5.41) is 10.2. The molecule has 0 amide bonds. The minimum atomic E-state index is 0.574. The first kappa shape index (κ1) is 14.3. The van der Waals surface area contributed by atoms with Crippen LogP contribution in [-0.4, -0.2) is 11.6 Å². The molecule has 22 heavy (non-hydrogen) atoms. The minimum absolute atomic E-state index is 0.574. The number of nitriles is 1. The van der Waals surface area contributed by atoms with Crippen LogP contribution in [0.15, 0.2) is 48.5 Å². The lowest BCUT2D eigenvalue weighted by atomic mass is 10.1. The quantitative estimate of drug-likeness (QED) is 0.653. The highest BCUT2D eigenvalue weighted by Gasteiger charge is 2.08. The summed E-state index contributed by atoms with van der Waals surface area (Å²) in [5.74, 6) is 0.832. The first-order chi connectivity index (χ1) is 10.8. The molecule has 0 atom stereocenters. The van der Waals surface area contributed by atoms with E-state index in [1.54, 1.807) is 0 Å². The Morgan fingerprint density at radius 2 is 2.00 bits per heavy atom. The third-order valence-electron chi connectivity index (χ3n) is 3.15. The first-order valence-electron chi connectivity index (χ1n) is 7.01. The van der Waals surface area contributed by atoms with Crippen LogP contribution in [0, 0.1) is 11.3 Å². The molecule has 3 nitrogen and oxygen atoms in total. The van der Waals surface area contributed by atoms with Crippen molar-refractivity contribution < 1.29 is 4.74 Å². The predicted octanol–water partition coefficient (Wildman–Crippen LogP) is 4.76. The molecule has 0 radical (unpaired) electrons. The van der Waals surface area contributed by atoms with E-state index < -0.39 is 0 Å². The van der Waals surface area contributed by atoms with E-state index in [1.165, 1.54) is 11.3 Å². The summed E-state index contributed by atoms with van der Waals surface area (Å²) < 4.78 is 6.51. The highest BCUT2D eigenvalue weighted by atomic mass is 32.1. The van der Waals surface area contributed by atoms with Gasteiger partial charge in [-0.3, -0.25) is 0 Å². The molecule has 1 heterocycles. The molecule has 0 bridgehead atoms. The van der Waals surface area contributed by atoms with E-state index in [1.807, 2.05) is 61.5 Å². The number of thiazole rings is 1. The maximum atomic E-state index is 9.43. The zero-order chi connectivity index (χ0) is 15.4. The van der Waals surface area contributed by atoms with E-state index in [0.29, 0.717) is 12.2 Å². The van der Waals surface area contributed by atoms with Crippen LogP contribution in [0.5, 0.6) is 5.75 Å². The molecule has 1 aromatic heterocycles. The molecule has 0 aliphatic rings. The van der Waals surface area contributed by atoms with Gasteiger partial charge in [0.05, 0.1) is 22.4 Å². The number of hydrogen-bond acceptors (Lipinski definition) is 4. The number of rotatable bonds is 4. The van der Waals surface area contributed by atoms with Crippen molar-refractivity contribution in [2.24, 2.45) is 0 Å². The van der Waals surface area contributed by atoms with E-state index in [0.717, 1.165) is 26.5 Å². The van der Waals surface area contributed by atoms with Crippen molar-refractivity contribution in [2.45, 2.75) is 6.92 Å². The number of fused-ring (bicyclic) bond motifs is 1. The Balaban J connectivity index is 1.94. The second-order valence-electron chi connectivity index (χ2n) is 4.66. The SMILES string of the molecule is CCOc1ccc(/C=C(\C#N)c2nc3ccccc3s2)cc1. The van der Waals surface area contributed by atoms with Crippen LogP contribution in [0.2, 0.25) is 0 Å². The topological polar surface area (TPSA) is 45.9 Å². The maximum Gasteiger partial charge on any atom is 0.135 e. The van der Waals surface area contributed by atoms with E-state index in [4.69, 9.17) is 4.74 Å². The summed E-state index contributed by atoms with van der Waals surface area (Å²) >= 11 is 1.53. The fourth-order valence-electron chi connectivity index (χ4n) is 2.12. The van der Waals surface area contributed by atoms with Gasteiger partial charge in [-0.1, -0.05) is 24.3 Å². The Bertz CT molecular complexity index is 824. The zero-order valence-corrected chi connectivity index (χ0v) is 12.9. The summed E-state index contributed by atoms with van der Waals surface area (Å²) in [6.45, 7) is 2.60. The normalized spacial score (nSPS) is 11.4. The molecule has 0 aliphatic heterocycles. The van der Waals surface area contributed by atoms with Crippen LogP contribution in [0.3, 0.4) is 0 Å². The van der Waals surface area contributed by atoms with Gasteiger partial charge < -0.3 is 4.74 Å². The number of ether oxygens (including phenoxy) is 1. The smallest absolute Gasteiger partial charge is 0.135 e. The van der Waals surface area contributed by atoms with Crippen molar-refractivity contribution in [1.29, 1.82) is 5.26 Å². The standard InChI is InChI=1S/C18H14N2OS/c1-2-21-15-9-7-13(8-10-15)11-14(12-19)18-20-16-5-3-4-6-17(16)22-18/h3-11H,2H2,1H3/b14-11+. The Morgan fingerprint density at radius 1 is 1.23 bits per heavy atom. The third kappa shape index (κ3) is 3.00. The monoisotopic (exact) mass is 306 g/mol. The lowest BCUT2D eigenvalue weighted by molar-refractivity contribution is 0.340. The molecule has 0 N–H and O–H groups in total. The Kier molecular flexibility index (Phi) is 4.17. The average molecular weight is 306 g/mol. The molecule has 0 saturated carbocycles. The summed E-state index contributed by atoms with van der Waals surface area (Å²) in [5.41, 5.74) is 2.46. The van der Waals surface area contributed by atoms with Gasteiger partial charge in [0.1, 0.15) is 16.8 Å². The van der Waals surface area contributed by atoms with E-state index in [2.05, 4.69) is 11.1 Å². The Hall–Kier alpha value is -2.64. The molecule has 3 rings (SSSR count). The van der Waals surface area contributed by atoms with Crippen molar-refractivity contribution >= 4 is 33.2 Å². The largest absolute Gasteiger partial charge is 0.494 e. The first-order valence-corrected chi connectivity index (χ1v) is 7.82. The van der Waals surface area contributed by atoms with Gasteiger partial charge in [0.25, 0.3) is 0 Å². The molecule has 108 valence electrons. The van der Waals surface area contributed by atoms with Gasteiger partial charge in [0.15, 0.2) is 0 Å². The lowest BCUT2D eigenvalue weighted by Gasteiger charge is -2.02.